The second kappa shape index (κ2) is 10.1. The highest BCUT2D eigenvalue weighted by atomic mass is 79.9. The predicted molar refractivity (Wildman–Crippen MR) is 136 cm³/mol. The van der Waals surface area contributed by atoms with Crippen molar-refractivity contribution in [3.8, 4) is 6.07 Å². The van der Waals surface area contributed by atoms with Crippen molar-refractivity contribution in [2.75, 3.05) is 10.2 Å². The lowest BCUT2D eigenvalue weighted by Gasteiger charge is -2.19. The summed E-state index contributed by atoms with van der Waals surface area (Å²) in [4.78, 5) is 28.0. The van der Waals surface area contributed by atoms with Crippen LogP contribution in [0.4, 0.5) is 11.4 Å². The van der Waals surface area contributed by atoms with E-state index >= 15 is 0 Å². The van der Waals surface area contributed by atoms with E-state index < -0.39 is 11.2 Å². The lowest BCUT2D eigenvalue weighted by atomic mass is 10.1. The molecule has 1 N–H and O–H groups in total. The SMILES string of the molecule is Cc1ccc(N2C(=O)C(Cc3ccccc3)S/C2=C(/C#N)C(=O)Nc2ccc(Br)cc2)cc1. The van der Waals surface area contributed by atoms with Gasteiger partial charge in [-0.25, -0.2) is 0 Å². The van der Waals surface area contributed by atoms with E-state index in [1.807, 2.05) is 67.6 Å². The minimum absolute atomic E-state index is 0.0904. The fourth-order valence-corrected chi connectivity index (χ4v) is 5.04. The van der Waals surface area contributed by atoms with Gasteiger partial charge >= 0.3 is 0 Å². The predicted octanol–water partition coefficient (Wildman–Crippen LogP) is 5.82. The van der Waals surface area contributed by atoms with E-state index in [0.29, 0.717) is 22.8 Å². The number of nitriles is 1. The van der Waals surface area contributed by atoms with Crippen molar-refractivity contribution in [2.24, 2.45) is 0 Å². The van der Waals surface area contributed by atoms with Crippen LogP contribution in [0.3, 0.4) is 0 Å². The van der Waals surface area contributed by atoms with Gasteiger partial charge in [0.15, 0.2) is 0 Å². The number of hydrogen-bond donors (Lipinski definition) is 1. The molecule has 3 aromatic carbocycles. The highest BCUT2D eigenvalue weighted by Gasteiger charge is 2.40. The van der Waals surface area contributed by atoms with Crippen LogP contribution in [0.25, 0.3) is 0 Å². The van der Waals surface area contributed by atoms with Crippen LogP contribution in [0, 0.1) is 18.3 Å². The molecule has 0 aliphatic carbocycles. The van der Waals surface area contributed by atoms with Crippen molar-refractivity contribution in [3.05, 3.63) is 105 Å². The van der Waals surface area contributed by atoms with Crippen molar-refractivity contribution < 1.29 is 9.59 Å². The van der Waals surface area contributed by atoms with E-state index in [1.54, 1.807) is 24.3 Å². The molecule has 0 bridgehead atoms. The molecule has 3 aromatic rings. The standard InChI is InChI=1S/C26H20BrN3O2S/c1-17-7-13-21(14-8-17)30-25(32)23(15-18-5-3-2-4-6-18)33-26(30)22(16-28)24(31)29-20-11-9-19(27)10-12-20/h2-14,23H,15H2,1H3,(H,29,31)/b26-22-. The first kappa shape index (κ1) is 22.8. The van der Waals surface area contributed by atoms with Crippen LogP contribution in [0.2, 0.25) is 0 Å². The molecule has 5 nitrogen and oxygen atoms in total. The van der Waals surface area contributed by atoms with Crippen molar-refractivity contribution in [3.63, 3.8) is 0 Å². The molecule has 0 aromatic heterocycles. The number of thioether (sulfide) groups is 1. The molecule has 1 aliphatic rings. The normalized spacial score (nSPS) is 16.9. The fraction of sp³-hybridized carbons (Fsp3) is 0.115. The second-order valence-electron chi connectivity index (χ2n) is 7.56. The van der Waals surface area contributed by atoms with E-state index in [9.17, 15) is 14.9 Å². The molecule has 7 heteroatoms. The molecule has 0 radical (unpaired) electrons. The lowest BCUT2D eigenvalue weighted by Crippen LogP contribution is -2.30. The molecule has 2 amide bonds. The Labute approximate surface area is 205 Å². The van der Waals surface area contributed by atoms with Gasteiger partial charge in [0.1, 0.15) is 16.7 Å². The third kappa shape index (κ3) is 5.19. The molecule has 4 rings (SSSR count). The maximum atomic E-state index is 13.5. The van der Waals surface area contributed by atoms with Gasteiger partial charge in [-0.2, -0.15) is 5.26 Å². The summed E-state index contributed by atoms with van der Waals surface area (Å²) in [7, 11) is 0. The number of halogens is 1. The quantitative estimate of drug-likeness (QED) is 0.341. The third-order valence-electron chi connectivity index (χ3n) is 5.16. The largest absolute Gasteiger partial charge is 0.321 e. The molecule has 1 saturated heterocycles. The number of amides is 2. The van der Waals surface area contributed by atoms with Gasteiger partial charge in [-0.05, 0) is 55.3 Å². The van der Waals surface area contributed by atoms with Crippen LogP contribution in [-0.4, -0.2) is 17.1 Å². The van der Waals surface area contributed by atoms with Crippen LogP contribution in [0.5, 0.6) is 0 Å². The zero-order valence-corrected chi connectivity index (χ0v) is 20.2. The molecule has 1 fully saturated rings. The Kier molecular flexibility index (Phi) is 6.97. The number of hydrogen-bond acceptors (Lipinski definition) is 4. The minimum Gasteiger partial charge on any atom is -0.321 e. The third-order valence-corrected chi connectivity index (χ3v) is 6.96. The van der Waals surface area contributed by atoms with Gasteiger partial charge in [0.05, 0.1) is 5.25 Å². The highest BCUT2D eigenvalue weighted by molar-refractivity contribution is 9.10. The van der Waals surface area contributed by atoms with Crippen molar-refractivity contribution in [1.82, 2.24) is 0 Å². The summed E-state index contributed by atoms with van der Waals surface area (Å²) in [5.74, 6) is -0.695. The average molecular weight is 518 g/mol. The van der Waals surface area contributed by atoms with Crippen LogP contribution >= 0.6 is 27.7 Å². The summed E-state index contributed by atoms with van der Waals surface area (Å²) < 4.78 is 0.880. The van der Waals surface area contributed by atoms with Gasteiger partial charge in [0.25, 0.3) is 5.91 Å². The number of nitrogens with one attached hydrogen (secondary N) is 1. The minimum atomic E-state index is -0.549. The number of carbonyl (C=O) groups is 2. The van der Waals surface area contributed by atoms with Crippen molar-refractivity contribution in [2.45, 2.75) is 18.6 Å². The van der Waals surface area contributed by atoms with E-state index in [2.05, 4.69) is 21.2 Å². The van der Waals surface area contributed by atoms with Crippen LogP contribution in [-0.2, 0) is 16.0 Å². The summed E-state index contributed by atoms with van der Waals surface area (Å²) in [5, 5.41) is 12.6. The second-order valence-corrected chi connectivity index (χ2v) is 9.67. The van der Waals surface area contributed by atoms with Crippen LogP contribution < -0.4 is 10.2 Å². The smallest absolute Gasteiger partial charge is 0.269 e. The van der Waals surface area contributed by atoms with E-state index in [4.69, 9.17) is 0 Å². The van der Waals surface area contributed by atoms with Crippen LogP contribution in [0.1, 0.15) is 11.1 Å². The zero-order valence-electron chi connectivity index (χ0n) is 17.8. The Balaban J connectivity index is 1.72. The topological polar surface area (TPSA) is 73.2 Å². The fourth-order valence-electron chi connectivity index (χ4n) is 3.47. The van der Waals surface area contributed by atoms with E-state index in [1.165, 1.54) is 16.7 Å². The zero-order chi connectivity index (χ0) is 23.4. The Bertz CT molecular complexity index is 1250. The first-order valence-electron chi connectivity index (χ1n) is 10.3. The summed E-state index contributed by atoms with van der Waals surface area (Å²) in [6.07, 6.45) is 0.503. The Morgan fingerprint density at radius 1 is 1.06 bits per heavy atom. The maximum absolute atomic E-state index is 13.5. The molecule has 0 saturated carbocycles. The first-order chi connectivity index (χ1) is 16.0. The number of benzene rings is 3. The van der Waals surface area contributed by atoms with Gasteiger partial charge in [-0.1, -0.05) is 75.7 Å². The van der Waals surface area contributed by atoms with Gasteiger partial charge in [-0.3, -0.25) is 14.5 Å². The molecule has 33 heavy (non-hydrogen) atoms. The summed E-state index contributed by atoms with van der Waals surface area (Å²) in [5.41, 5.74) is 3.18. The molecule has 1 unspecified atom stereocenters. The molecule has 1 atom stereocenters. The molecule has 1 heterocycles. The molecule has 164 valence electrons. The Hall–Kier alpha value is -3.34. The molecule has 0 spiro atoms. The van der Waals surface area contributed by atoms with E-state index in [0.717, 1.165) is 15.6 Å². The van der Waals surface area contributed by atoms with Crippen molar-refractivity contribution in [1.29, 1.82) is 5.26 Å². The summed E-state index contributed by atoms with van der Waals surface area (Å²) in [6.45, 7) is 1.96. The highest BCUT2D eigenvalue weighted by Crippen LogP contribution is 2.42. The molecular weight excluding hydrogens is 498 g/mol. The summed E-state index contributed by atoms with van der Waals surface area (Å²) in [6, 6.07) is 26.3. The number of anilines is 2. The number of rotatable bonds is 5. The lowest BCUT2D eigenvalue weighted by molar-refractivity contribution is -0.117. The average Bonchev–Trinajstić information content (AvgIpc) is 3.12. The molecular formula is C26H20BrN3O2S. The molecule has 1 aliphatic heterocycles. The van der Waals surface area contributed by atoms with Crippen LogP contribution in [0.15, 0.2) is 93.9 Å². The van der Waals surface area contributed by atoms with Gasteiger partial charge < -0.3 is 5.32 Å². The number of carbonyl (C=O) groups excluding carboxylic acids is 2. The van der Waals surface area contributed by atoms with E-state index in [-0.39, 0.29) is 11.5 Å². The monoisotopic (exact) mass is 517 g/mol. The summed E-state index contributed by atoms with van der Waals surface area (Å²) >= 11 is 4.63. The number of aryl methyl sites for hydroxylation is 1. The van der Waals surface area contributed by atoms with Crippen molar-refractivity contribution >= 4 is 50.9 Å². The Morgan fingerprint density at radius 3 is 2.36 bits per heavy atom. The first-order valence-corrected chi connectivity index (χ1v) is 12.0. The Morgan fingerprint density at radius 2 is 1.73 bits per heavy atom. The van der Waals surface area contributed by atoms with Gasteiger partial charge in [-0.15, -0.1) is 0 Å². The maximum Gasteiger partial charge on any atom is 0.269 e. The van der Waals surface area contributed by atoms with Gasteiger partial charge in [0, 0.05) is 15.8 Å². The number of nitrogens with zero attached hydrogens (tertiary/aromatic N) is 2. The van der Waals surface area contributed by atoms with Gasteiger partial charge in [0.2, 0.25) is 5.91 Å².